The van der Waals surface area contributed by atoms with Crippen molar-refractivity contribution >= 4 is 30.7 Å². The highest BCUT2D eigenvalue weighted by atomic mass is 35.5. The number of aromatic nitrogens is 3. The molecule has 8 nitrogen and oxygen atoms in total. The molecule has 4 atom stereocenters. The maximum Gasteiger partial charge on any atom is 0.242 e. The third kappa shape index (κ3) is 6.28. The fourth-order valence-corrected chi connectivity index (χ4v) is 3.95. The first kappa shape index (κ1) is 26.1. The van der Waals surface area contributed by atoms with E-state index in [0.717, 1.165) is 26.1 Å². The largest absolute Gasteiger partial charge is 0.375 e. The number of nitrogens with one attached hydrogen (secondary N) is 1. The molecule has 3 N–H and O–H groups in total. The standard InChI is InChI=1S/C19H34N6O2.2ClH/c1-11(2)16-8-24-7-14(6-15(24)10-27-16)22-17(26)9-25-19(18(20)12(3)4)21-13(5)23-25;;/h11-12,14-16,18H,6-10,20H2,1-5H3,(H,22,26);2*1H/t14-,15-,16-,18-;;/m0../s1. The number of rotatable bonds is 6. The van der Waals surface area contributed by atoms with Gasteiger partial charge in [-0.1, -0.05) is 27.7 Å². The first-order chi connectivity index (χ1) is 12.7. The van der Waals surface area contributed by atoms with Crippen molar-refractivity contribution in [3.8, 4) is 0 Å². The molecular weight excluding hydrogens is 415 g/mol. The number of ether oxygens (including phenoxy) is 1. The van der Waals surface area contributed by atoms with Gasteiger partial charge in [-0.05, 0) is 25.2 Å². The smallest absolute Gasteiger partial charge is 0.242 e. The van der Waals surface area contributed by atoms with Crippen LogP contribution in [0.15, 0.2) is 0 Å². The summed E-state index contributed by atoms with van der Waals surface area (Å²) in [5.74, 6) is 2.02. The van der Waals surface area contributed by atoms with Crippen LogP contribution in [-0.4, -0.2) is 63.5 Å². The SMILES string of the molecule is Cc1nc([C@@H](N)C(C)C)n(CC(=O)N[C@H]2C[C@H]3CO[C@H](C(C)C)CN3C2)n1.Cl.Cl. The van der Waals surface area contributed by atoms with Crippen LogP contribution >= 0.6 is 24.8 Å². The molecule has 0 radical (unpaired) electrons. The second kappa shape index (κ2) is 10.9. The average molecular weight is 451 g/mol. The molecule has 3 heterocycles. The summed E-state index contributed by atoms with van der Waals surface area (Å²) in [5.41, 5.74) is 6.23. The monoisotopic (exact) mass is 450 g/mol. The van der Waals surface area contributed by atoms with Gasteiger partial charge in [-0.15, -0.1) is 24.8 Å². The number of carbonyl (C=O) groups excluding carboxylic acids is 1. The Hall–Kier alpha value is -0.930. The number of hydrogen-bond donors (Lipinski definition) is 2. The number of carbonyl (C=O) groups is 1. The summed E-state index contributed by atoms with van der Waals surface area (Å²) in [4.78, 5) is 19.5. The van der Waals surface area contributed by atoms with Crippen LogP contribution < -0.4 is 11.1 Å². The van der Waals surface area contributed by atoms with Gasteiger partial charge in [0.15, 0.2) is 0 Å². The lowest BCUT2D eigenvalue weighted by molar-refractivity contribution is -0.122. The number of nitrogens with zero attached hydrogens (tertiary/aromatic N) is 4. The highest BCUT2D eigenvalue weighted by Crippen LogP contribution is 2.26. The third-order valence-corrected chi connectivity index (χ3v) is 5.67. The van der Waals surface area contributed by atoms with E-state index in [0.29, 0.717) is 23.6 Å². The molecule has 0 saturated carbocycles. The van der Waals surface area contributed by atoms with Crippen LogP contribution in [-0.2, 0) is 16.1 Å². The molecule has 1 amide bonds. The van der Waals surface area contributed by atoms with Gasteiger partial charge in [0.2, 0.25) is 5.91 Å². The summed E-state index contributed by atoms with van der Waals surface area (Å²) < 4.78 is 7.63. The second-order valence-corrected chi connectivity index (χ2v) is 8.67. The van der Waals surface area contributed by atoms with Crippen molar-refractivity contribution in [2.75, 3.05) is 19.7 Å². The van der Waals surface area contributed by atoms with Gasteiger partial charge in [-0.3, -0.25) is 9.69 Å². The van der Waals surface area contributed by atoms with E-state index in [4.69, 9.17) is 10.5 Å². The third-order valence-electron chi connectivity index (χ3n) is 5.67. The number of aryl methyl sites for hydroxylation is 1. The maximum absolute atomic E-state index is 12.6. The Morgan fingerprint density at radius 2 is 1.97 bits per heavy atom. The Bertz CT molecular complexity index is 669. The van der Waals surface area contributed by atoms with Crippen molar-refractivity contribution in [1.82, 2.24) is 25.0 Å². The molecule has 1 aromatic rings. The highest BCUT2D eigenvalue weighted by molar-refractivity contribution is 5.85. The maximum atomic E-state index is 12.6. The zero-order valence-electron chi connectivity index (χ0n) is 18.0. The summed E-state index contributed by atoms with van der Waals surface area (Å²) in [6, 6.07) is 0.331. The molecule has 0 unspecified atom stereocenters. The van der Waals surface area contributed by atoms with Crippen LogP contribution in [0.5, 0.6) is 0 Å². The number of halogens is 2. The fraction of sp³-hybridized carbons (Fsp3) is 0.842. The molecule has 10 heteroatoms. The molecule has 0 aromatic carbocycles. The van der Waals surface area contributed by atoms with Gasteiger partial charge in [-0.25, -0.2) is 9.67 Å². The van der Waals surface area contributed by atoms with Crippen LogP contribution in [0.4, 0.5) is 0 Å². The molecule has 2 aliphatic heterocycles. The number of fused-ring (bicyclic) bond motifs is 1. The lowest BCUT2D eigenvalue weighted by Gasteiger charge is -2.36. The second-order valence-electron chi connectivity index (χ2n) is 8.67. The van der Waals surface area contributed by atoms with Crippen molar-refractivity contribution in [1.29, 1.82) is 0 Å². The van der Waals surface area contributed by atoms with Crippen LogP contribution in [0.1, 0.15) is 51.8 Å². The van der Waals surface area contributed by atoms with Gasteiger partial charge in [0.1, 0.15) is 18.2 Å². The number of amides is 1. The molecule has 168 valence electrons. The molecule has 2 saturated heterocycles. The Morgan fingerprint density at radius 3 is 2.59 bits per heavy atom. The van der Waals surface area contributed by atoms with E-state index >= 15 is 0 Å². The minimum atomic E-state index is -0.232. The van der Waals surface area contributed by atoms with Crippen molar-refractivity contribution < 1.29 is 9.53 Å². The summed E-state index contributed by atoms with van der Waals surface area (Å²) in [6.07, 6.45) is 1.22. The van der Waals surface area contributed by atoms with Gasteiger partial charge in [0.25, 0.3) is 0 Å². The van der Waals surface area contributed by atoms with Gasteiger partial charge in [0, 0.05) is 25.2 Å². The predicted molar refractivity (Wildman–Crippen MR) is 118 cm³/mol. The molecule has 1 aromatic heterocycles. The lowest BCUT2D eigenvalue weighted by Crippen LogP contribution is -2.48. The van der Waals surface area contributed by atoms with E-state index < -0.39 is 0 Å². The Morgan fingerprint density at radius 1 is 1.28 bits per heavy atom. The summed E-state index contributed by atoms with van der Waals surface area (Å²) >= 11 is 0. The number of hydrogen-bond acceptors (Lipinski definition) is 6. The first-order valence-electron chi connectivity index (χ1n) is 10.1. The molecule has 0 aliphatic carbocycles. The quantitative estimate of drug-likeness (QED) is 0.683. The average Bonchev–Trinajstić information content (AvgIpc) is 3.15. The Balaban J connectivity index is 0.00000210. The van der Waals surface area contributed by atoms with Gasteiger partial charge in [0.05, 0.1) is 18.8 Å². The van der Waals surface area contributed by atoms with E-state index in [1.165, 1.54) is 0 Å². The summed E-state index contributed by atoms with van der Waals surface area (Å²) in [7, 11) is 0. The summed E-state index contributed by atoms with van der Waals surface area (Å²) in [6.45, 7) is 13.0. The fourth-order valence-electron chi connectivity index (χ4n) is 3.95. The molecule has 29 heavy (non-hydrogen) atoms. The molecule has 3 rings (SSSR count). The summed E-state index contributed by atoms with van der Waals surface area (Å²) in [5, 5.41) is 7.53. The zero-order chi connectivity index (χ0) is 19.7. The van der Waals surface area contributed by atoms with E-state index in [-0.39, 0.29) is 61.4 Å². The van der Waals surface area contributed by atoms with E-state index in [9.17, 15) is 4.79 Å². The van der Waals surface area contributed by atoms with Gasteiger partial charge in [-0.2, -0.15) is 5.10 Å². The van der Waals surface area contributed by atoms with E-state index in [1.54, 1.807) is 4.68 Å². The van der Waals surface area contributed by atoms with E-state index in [2.05, 4.69) is 34.1 Å². The van der Waals surface area contributed by atoms with Crippen LogP contribution in [0.3, 0.4) is 0 Å². The lowest BCUT2D eigenvalue weighted by atomic mass is 10.0. The van der Waals surface area contributed by atoms with Crippen molar-refractivity contribution in [2.24, 2.45) is 17.6 Å². The molecule has 0 bridgehead atoms. The van der Waals surface area contributed by atoms with Gasteiger partial charge < -0.3 is 15.8 Å². The van der Waals surface area contributed by atoms with Crippen molar-refractivity contribution in [3.05, 3.63) is 11.6 Å². The highest BCUT2D eigenvalue weighted by Gasteiger charge is 2.38. The topological polar surface area (TPSA) is 98.3 Å². The predicted octanol–water partition coefficient (Wildman–Crippen LogP) is 1.70. The Kier molecular flexibility index (Phi) is 9.82. The molecule has 2 aliphatic rings. The van der Waals surface area contributed by atoms with Gasteiger partial charge >= 0.3 is 0 Å². The molecular formula is C19H36Cl2N6O2. The van der Waals surface area contributed by atoms with Crippen molar-refractivity contribution in [3.63, 3.8) is 0 Å². The van der Waals surface area contributed by atoms with Crippen LogP contribution in [0, 0.1) is 18.8 Å². The molecule has 0 spiro atoms. The zero-order valence-corrected chi connectivity index (χ0v) is 19.6. The minimum absolute atomic E-state index is 0. The Labute approximate surface area is 186 Å². The minimum Gasteiger partial charge on any atom is -0.375 e. The number of nitrogens with two attached hydrogens (primary N) is 1. The molecule has 2 fully saturated rings. The van der Waals surface area contributed by atoms with Crippen molar-refractivity contribution in [2.45, 2.75) is 71.8 Å². The van der Waals surface area contributed by atoms with Crippen LogP contribution in [0.25, 0.3) is 0 Å². The van der Waals surface area contributed by atoms with Crippen LogP contribution in [0.2, 0.25) is 0 Å². The van der Waals surface area contributed by atoms with E-state index in [1.807, 2.05) is 20.8 Å². The first-order valence-corrected chi connectivity index (χ1v) is 10.1. The normalized spacial score (nSPS) is 25.3. The number of morpholine rings is 1.